The smallest absolute Gasteiger partial charge is 0.414 e. The van der Waals surface area contributed by atoms with E-state index in [9.17, 15) is 33.6 Å². The summed E-state index contributed by atoms with van der Waals surface area (Å²) in [6.07, 6.45) is -0.149. The van der Waals surface area contributed by atoms with E-state index < -0.39 is 108 Å². The molecule has 1 unspecified atom stereocenters. The number of morpholine rings is 1. The van der Waals surface area contributed by atoms with E-state index >= 15 is 18.8 Å². The molecule has 4 N–H and O–H groups in total. The summed E-state index contributed by atoms with van der Waals surface area (Å²) in [6, 6.07) is 12.1. The molecule has 3 aromatic carbocycles. The van der Waals surface area contributed by atoms with Crippen LogP contribution in [0.5, 0.6) is 0 Å². The zero-order valence-electron chi connectivity index (χ0n) is 53.8. The molecule has 0 radical (unpaired) electrons. The lowest BCUT2D eigenvalue weighted by molar-refractivity contribution is -0.158. The summed E-state index contributed by atoms with van der Waals surface area (Å²) in [4.78, 5) is 157. The van der Waals surface area contributed by atoms with Gasteiger partial charge in [-0.25, -0.2) is 14.0 Å². The number of nitrogens with zero attached hydrogens (tertiary/aromatic N) is 7. The van der Waals surface area contributed by atoms with Crippen LogP contribution < -0.4 is 36.0 Å². The van der Waals surface area contributed by atoms with Gasteiger partial charge in [0, 0.05) is 102 Å². The van der Waals surface area contributed by atoms with Gasteiger partial charge in [0.15, 0.2) is 6.04 Å². The number of halogens is 1. The topological polar surface area (TPSA) is 269 Å². The van der Waals surface area contributed by atoms with E-state index in [1.165, 1.54) is 39.6 Å². The van der Waals surface area contributed by atoms with Crippen molar-refractivity contribution >= 4 is 88.0 Å². The first-order valence-electron chi connectivity index (χ1n) is 32.8. The molecule has 10 atom stereocenters. The molecule has 24 nitrogen and oxygen atoms in total. The molecular formula is C67H88FN11O13S. The summed E-state index contributed by atoms with van der Waals surface area (Å²) in [7, 11) is 5.32. The number of anilines is 3. The largest absolute Gasteiger partial charge is 0.458 e. The van der Waals surface area contributed by atoms with Crippen molar-refractivity contribution in [2.45, 2.75) is 138 Å². The molecule has 8 saturated heterocycles. The first-order valence-corrected chi connectivity index (χ1v) is 33.8. The highest BCUT2D eigenvalue weighted by molar-refractivity contribution is 8.00. The van der Waals surface area contributed by atoms with Gasteiger partial charge in [-0.1, -0.05) is 49.4 Å². The third kappa shape index (κ3) is 16.4. The lowest BCUT2D eigenvalue weighted by atomic mass is 9.88. The van der Waals surface area contributed by atoms with Gasteiger partial charge in [0.1, 0.15) is 54.0 Å². The zero-order chi connectivity index (χ0) is 66.0. The van der Waals surface area contributed by atoms with Crippen LogP contribution in [0.4, 0.5) is 26.2 Å². The van der Waals surface area contributed by atoms with Crippen molar-refractivity contribution in [3.05, 3.63) is 89.7 Å². The molecule has 0 saturated carbocycles. The van der Waals surface area contributed by atoms with Gasteiger partial charge in [0.2, 0.25) is 41.4 Å². The number of unbranched alkanes of at least 4 members (excludes halogenated alkanes) is 1. The number of carbonyl (C=O) groups excluding carboxylic acids is 10. The Balaban J connectivity index is 0.857. The molecule has 2 bridgehead atoms. The van der Waals surface area contributed by atoms with Gasteiger partial charge in [-0.2, -0.15) is 11.8 Å². The highest BCUT2D eigenvalue weighted by Crippen LogP contribution is 2.38. The van der Waals surface area contributed by atoms with Crippen LogP contribution in [0.25, 0.3) is 0 Å². The number of ether oxygens (including phenoxy) is 3. The number of carbonyl (C=O) groups is 10. The molecule has 8 aliphatic rings. The number of likely N-dealkylation sites (N-methyl/N-ethyl adjacent to an activating group) is 1. The van der Waals surface area contributed by atoms with Gasteiger partial charge in [0.25, 0.3) is 0 Å². The van der Waals surface area contributed by atoms with Crippen LogP contribution in [0.2, 0.25) is 0 Å². The number of piperidine rings is 4. The van der Waals surface area contributed by atoms with Gasteiger partial charge >= 0.3 is 12.1 Å². The van der Waals surface area contributed by atoms with Crippen molar-refractivity contribution in [2.75, 3.05) is 114 Å². The van der Waals surface area contributed by atoms with Crippen LogP contribution in [-0.4, -0.2) is 225 Å². The van der Waals surface area contributed by atoms with Gasteiger partial charge in [-0.15, -0.1) is 0 Å². The van der Waals surface area contributed by atoms with E-state index in [0.717, 1.165) is 38.2 Å². The average molecular weight is 1310 g/mol. The van der Waals surface area contributed by atoms with E-state index in [0.29, 0.717) is 66.6 Å². The molecule has 0 aliphatic carbocycles. The minimum Gasteiger partial charge on any atom is -0.458 e. The van der Waals surface area contributed by atoms with Crippen LogP contribution >= 0.6 is 11.8 Å². The molecule has 8 heterocycles. The molecule has 0 spiro atoms. The molecule has 26 heteroatoms. The van der Waals surface area contributed by atoms with Crippen molar-refractivity contribution in [3.63, 3.8) is 0 Å². The van der Waals surface area contributed by atoms with Gasteiger partial charge < -0.3 is 64.9 Å². The highest BCUT2D eigenvalue weighted by Gasteiger charge is 2.48. The van der Waals surface area contributed by atoms with Crippen LogP contribution in [0.15, 0.2) is 72.8 Å². The standard InChI is InChI=1S/C67H88FN11O13S/c1-6-50-63(85)77-26-12-15-52(77)64(86)74(5)54(33-42-18-20-46(21-19-42)73(3)4)65(87)79-37-45(40-93-56-39-75-27-24-43(56)25-28-75)55(80)35-53(79)61(83)72-60(44-13-8-7-9-14-44)66(88)91-41(2)59(62(84)70-50)71-58(82)17-11-10-16-57(81)69-36-48-38-78(67(89)92-48)47-22-23-51(49(68)34-47)76-29-31-90-32-30-76/h7-9,13-14,18-23,34,41,43,45,48,50,52-54,56,59-60H,6,10-12,15-17,24-33,35-40H2,1-5H3,(H,69,81)(H,70,84)(H,71,82)(H,72,83)/t41-,45+,48+,50-,52+,53+,54+,56?,59+,60+/m1/s1. The molecule has 0 aromatic heterocycles. The van der Waals surface area contributed by atoms with Crippen LogP contribution in [0.3, 0.4) is 0 Å². The quantitative estimate of drug-likeness (QED) is 0.105. The Hall–Kier alpha value is -7.84. The Labute approximate surface area is 546 Å². The van der Waals surface area contributed by atoms with E-state index in [-0.39, 0.29) is 94.8 Å². The first-order chi connectivity index (χ1) is 44.7. The predicted molar refractivity (Wildman–Crippen MR) is 345 cm³/mol. The summed E-state index contributed by atoms with van der Waals surface area (Å²) in [5.41, 5.74) is 2.60. The summed E-state index contributed by atoms with van der Waals surface area (Å²) in [6.45, 7) is 8.18. The maximum Gasteiger partial charge on any atom is 0.414 e. The second-order valence-electron chi connectivity index (χ2n) is 25.7. The lowest BCUT2D eigenvalue weighted by Gasteiger charge is -2.45. The normalized spacial score (nSPS) is 28.3. The Bertz CT molecular complexity index is 3220. The number of hydrogen-bond acceptors (Lipinski definition) is 17. The van der Waals surface area contributed by atoms with Gasteiger partial charge in [0.05, 0.1) is 37.7 Å². The summed E-state index contributed by atoms with van der Waals surface area (Å²) >= 11 is 1.73. The molecule has 8 aliphatic heterocycles. The number of thioether (sulfide) groups is 1. The highest BCUT2D eigenvalue weighted by atomic mass is 32.2. The third-order valence-corrected chi connectivity index (χ3v) is 20.8. The minimum atomic E-state index is -1.62. The van der Waals surface area contributed by atoms with Crippen molar-refractivity contribution in [3.8, 4) is 0 Å². The average Bonchev–Trinajstić information content (AvgIpc) is 1.46. The number of benzene rings is 3. The van der Waals surface area contributed by atoms with E-state index in [4.69, 9.17) is 14.2 Å². The number of fused-ring (bicyclic) bond motifs is 5. The number of rotatable bonds is 18. The van der Waals surface area contributed by atoms with E-state index in [1.807, 2.05) is 48.2 Å². The molecule has 11 rings (SSSR count). The monoisotopic (exact) mass is 1310 g/mol. The predicted octanol–water partition coefficient (Wildman–Crippen LogP) is 3.59. The SMILES string of the molecule is CC[C@H]1NC(=O)[C@@H](NC(=O)CCCCC(=O)NC[C@H]2CN(c3ccc(N4CCOCC4)c(F)c3)C(=O)O2)[C@@H](C)OC(=O)[C@H](c2ccccc2)NC(=O)[C@@H]2CC(=O)[C@H](CSC3CN4CCC3CC4)CN2C(=O)[C@H](Cc2ccc(N(C)C)cc2)N(C)C(=O)[C@@H]2CCCN2C1=O. The Kier molecular flexibility index (Phi) is 22.6. The number of nitrogens with one attached hydrogen (secondary N) is 4. The molecule has 8 amide bonds. The summed E-state index contributed by atoms with van der Waals surface area (Å²) < 4.78 is 32.2. The zero-order valence-corrected chi connectivity index (χ0v) is 54.6. The fourth-order valence-electron chi connectivity index (χ4n) is 13.7. The molecule has 8 fully saturated rings. The number of esters is 1. The number of ketones is 1. The number of Topliss-reactive ketones (excluding diaryl/α,β-unsaturated/α-hetero) is 1. The maximum absolute atomic E-state index is 15.8. The maximum atomic E-state index is 15.8. The van der Waals surface area contributed by atoms with Crippen molar-refractivity contribution < 1.29 is 66.5 Å². The Morgan fingerprint density at radius 2 is 1.48 bits per heavy atom. The lowest BCUT2D eigenvalue weighted by Crippen LogP contribution is -2.63. The minimum absolute atomic E-state index is 0.0125. The van der Waals surface area contributed by atoms with Crippen LogP contribution in [-0.2, 0) is 63.8 Å². The number of cyclic esters (lactones) is 2. The summed E-state index contributed by atoms with van der Waals surface area (Å²) in [5.74, 6) is -5.92. The van der Waals surface area contributed by atoms with Crippen molar-refractivity contribution in [1.29, 1.82) is 0 Å². The van der Waals surface area contributed by atoms with E-state index in [1.54, 1.807) is 61.2 Å². The molecule has 3 aromatic rings. The van der Waals surface area contributed by atoms with Crippen LogP contribution in [0, 0.1) is 17.7 Å². The van der Waals surface area contributed by atoms with Crippen LogP contribution in [0.1, 0.15) is 95.2 Å². The van der Waals surface area contributed by atoms with Crippen molar-refractivity contribution in [1.82, 2.24) is 40.9 Å². The second kappa shape index (κ2) is 30.9. The Morgan fingerprint density at radius 3 is 2.16 bits per heavy atom. The fourth-order valence-corrected chi connectivity index (χ4v) is 15.3. The second-order valence-corrected chi connectivity index (χ2v) is 26.9. The first kappa shape index (κ1) is 68.0. The third-order valence-electron chi connectivity index (χ3n) is 19.2. The Morgan fingerprint density at radius 1 is 0.763 bits per heavy atom. The summed E-state index contributed by atoms with van der Waals surface area (Å²) in [5, 5.41) is 11.4. The number of hydrogen-bond donors (Lipinski definition) is 4. The molecule has 502 valence electrons. The fraction of sp³-hybridized carbons (Fsp3) is 0.582. The molecule has 93 heavy (non-hydrogen) atoms. The van der Waals surface area contributed by atoms with E-state index in [2.05, 4.69) is 26.2 Å². The number of amides is 8. The van der Waals surface area contributed by atoms with Gasteiger partial charge in [-0.3, -0.25) is 43.3 Å². The van der Waals surface area contributed by atoms with Crippen molar-refractivity contribution in [2.24, 2.45) is 11.8 Å². The molecular weight excluding hydrogens is 1220 g/mol. The van der Waals surface area contributed by atoms with Gasteiger partial charge in [-0.05, 0) is 112 Å².